The largest absolute Gasteiger partial charge is 0.393 e. The number of fused-ring (bicyclic) bond motifs is 6. The third-order valence-electron chi connectivity index (χ3n) is 25.9. The molecule has 5 heterocycles. The van der Waals surface area contributed by atoms with Crippen LogP contribution >= 0.6 is 0 Å². The number of aryl methyl sites for hydroxylation is 1. The molecular weight excluding hydrogens is 1020 g/mol. The molecule has 10 aliphatic rings. The zero-order valence-electron chi connectivity index (χ0n) is 50.3. The number of carbonyl (C=O) groups is 3. The molecule has 0 unspecified atom stereocenters. The lowest BCUT2D eigenvalue weighted by Gasteiger charge is -2.74. The molecule has 442 valence electrons. The van der Waals surface area contributed by atoms with Crippen LogP contribution in [0.4, 0.5) is 0 Å². The molecule has 16 atom stereocenters. The number of aliphatic hydroxyl groups is 4. The molecule has 2 aromatic heterocycles. The van der Waals surface area contributed by atoms with Crippen molar-refractivity contribution < 1.29 is 44.3 Å². The highest BCUT2D eigenvalue weighted by Crippen LogP contribution is 2.80. The Morgan fingerprint density at radius 1 is 0.852 bits per heavy atom. The van der Waals surface area contributed by atoms with Gasteiger partial charge in [0.1, 0.15) is 17.7 Å². The van der Waals surface area contributed by atoms with Crippen LogP contribution in [0.5, 0.6) is 0 Å². The maximum atomic E-state index is 15.9. The normalized spacial score (nSPS) is 41.9. The van der Waals surface area contributed by atoms with Crippen LogP contribution in [0, 0.1) is 56.2 Å². The fourth-order valence-corrected chi connectivity index (χ4v) is 21.6. The van der Waals surface area contributed by atoms with Gasteiger partial charge in [0.15, 0.2) is 5.78 Å². The van der Waals surface area contributed by atoms with Crippen molar-refractivity contribution in [3.63, 3.8) is 0 Å². The Hall–Kier alpha value is -3.53. The Balaban J connectivity index is 1.01. The second-order valence-electron chi connectivity index (χ2n) is 30.3. The van der Waals surface area contributed by atoms with E-state index in [0.717, 1.165) is 95.1 Å². The van der Waals surface area contributed by atoms with E-state index in [1.807, 2.05) is 27.9 Å². The lowest BCUT2D eigenvalue weighted by atomic mass is 9.30. The first-order chi connectivity index (χ1) is 38.4. The number of hydrogen-bond acceptors (Lipinski definition) is 11. The van der Waals surface area contributed by atoms with Crippen molar-refractivity contribution in [2.75, 3.05) is 40.4 Å². The van der Waals surface area contributed by atoms with Gasteiger partial charge in [0.05, 0.1) is 46.5 Å². The number of ketones is 3. The molecule has 7 fully saturated rings. The van der Waals surface area contributed by atoms with Gasteiger partial charge < -0.3 is 50.1 Å². The van der Waals surface area contributed by atoms with Gasteiger partial charge in [-0.25, -0.2) is 0 Å². The monoisotopic (exact) mass is 1110 g/mol. The molecule has 13 rings (SSSR count). The summed E-state index contributed by atoms with van der Waals surface area (Å²) in [5.74, 6) is -0.245. The zero-order valence-corrected chi connectivity index (χ0v) is 50.3. The zero-order chi connectivity index (χ0) is 57.2. The van der Waals surface area contributed by atoms with Crippen molar-refractivity contribution in [2.45, 2.75) is 224 Å². The number of carbonyl (C=O) groups excluding carboxylic acids is 3. The van der Waals surface area contributed by atoms with E-state index < -0.39 is 73.8 Å². The Labute approximate surface area is 480 Å². The molecule has 81 heavy (non-hydrogen) atoms. The number of ether oxygens (including phenoxy) is 2. The van der Waals surface area contributed by atoms with Crippen molar-refractivity contribution in [3.8, 4) is 0 Å². The minimum absolute atomic E-state index is 0.0557. The highest BCUT2D eigenvalue weighted by molar-refractivity contribution is 6.02. The predicted molar refractivity (Wildman–Crippen MR) is 312 cm³/mol. The highest BCUT2D eigenvalue weighted by atomic mass is 16.6. The molecule has 1 spiro atoms. The van der Waals surface area contributed by atoms with Crippen molar-refractivity contribution in [2.24, 2.45) is 56.2 Å². The Morgan fingerprint density at radius 2 is 1.60 bits per heavy atom. The molecule has 3 aromatic rings. The fourth-order valence-electron chi connectivity index (χ4n) is 21.6. The second-order valence-corrected chi connectivity index (χ2v) is 30.3. The summed E-state index contributed by atoms with van der Waals surface area (Å²) in [4.78, 5) is 50.0. The quantitative estimate of drug-likeness (QED) is 0.0904. The summed E-state index contributed by atoms with van der Waals surface area (Å²) in [7, 11) is 3.99. The average Bonchev–Trinajstić information content (AvgIpc) is 3.89. The minimum Gasteiger partial charge on any atom is -0.393 e. The van der Waals surface area contributed by atoms with E-state index in [9.17, 15) is 20.4 Å². The van der Waals surface area contributed by atoms with Crippen molar-refractivity contribution in [3.05, 3.63) is 69.1 Å². The van der Waals surface area contributed by atoms with E-state index in [0.29, 0.717) is 109 Å². The van der Waals surface area contributed by atoms with Crippen LogP contribution in [0.3, 0.4) is 0 Å². The number of Topliss-reactive ketones (excluding diaryl/α,β-unsaturated/α-hetero) is 3. The summed E-state index contributed by atoms with van der Waals surface area (Å²) in [5.41, 5.74) is 4.68. The number of epoxide rings is 1. The number of nitrogens with one attached hydrogen (secondary N) is 3. The number of rotatable bonds is 11. The van der Waals surface area contributed by atoms with Crippen LogP contribution in [-0.4, -0.2) is 118 Å². The van der Waals surface area contributed by atoms with E-state index in [-0.39, 0.29) is 41.2 Å². The molecule has 13 heteroatoms. The van der Waals surface area contributed by atoms with Crippen LogP contribution in [0.25, 0.3) is 11.0 Å². The molecule has 0 amide bonds. The number of benzene rings is 1. The fraction of sp³-hybridized carbons (Fsp3) is 0.750. The number of H-pyrrole nitrogens is 1. The minimum atomic E-state index is -1.07. The summed E-state index contributed by atoms with van der Waals surface area (Å²) >= 11 is 0. The summed E-state index contributed by atoms with van der Waals surface area (Å²) in [6, 6.07) is 4.68. The van der Waals surface area contributed by atoms with Crippen molar-refractivity contribution in [1.82, 2.24) is 20.2 Å². The lowest BCUT2D eigenvalue weighted by molar-refractivity contribution is -0.262. The topological polar surface area (TPSA) is 199 Å². The van der Waals surface area contributed by atoms with Gasteiger partial charge in [-0.05, 0) is 197 Å². The summed E-state index contributed by atoms with van der Waals surface area (Å²) in [6.07, 6.45) is 14.4. The summed E-state index contributed by atoms with van der Waals surface area (Å²) < 4.78 is 14.4. The molecule has 7 aliphatic carbocycles. The van der Waals surface area contributed by atoms with Gasteiger partial charge in [-0.1, -0.05) is 59.6 Å². The van der Waals surface area contributed by atoms with Gasteiger partial charge in [0, 0.05) is 92.1 Å². The predicted octanol–water partition coefficient (Wildman–Crippen LogP) is 9.41. The third-order valence-corrected chi connectivity index (χ3v) is 25.9. The van der Waals surface area contributed by atoms with Crippen LogP contribution < -0.4 is 10.6 Å². The number of aromatic nitrogens is 2. The Bertz CT molecular complexity index is 3070. The van der Waals surface area contributed by atoms with Crippen LogP contribution in [0.2, 0.25) is 0 Å². The van der Waals surface area contributed by atoms with E-state index >= 15 is 14.4 Å². The number of hydrogen-bond donors (Lipinski definition) is 7. The molecule has 3 aliphatic heterocycles. The maximum absolute atomic E-state index is 15.9. The smallest absolute Gasteiger partial charge is 0.160 e. The van der Waals surface area contributed by atoms with Gasteiger partial charge in [-0.15, -0.1) is 0 Å². The molecule has 1 aromatic carbocycles. The van der Waals surface area contributed by atoms with E-state index in [2.05, 4.69) is 79.3 Å². The summed E-state index contributed by atoms with van der Waals surface area (Å²) in [5, 5.41) is 58.1. The first-order valence-corrected chi connectivity index (χ1v) is 31.9. The SMILES string of the molecule is CNCC[C@]1(C)C(=O)C[C@]2(CC[C@H](O)C2)[C@@]2(C)[C@H]3[C@H](O)[C@H]4Cn5cc([C@H]6C(=O)CCc7c6cc([C@@H]6CCCC[C@H]6CNC)cc7C6(O)CCOCC6)c6[nH]cc(c65)CC[C@@](C)(C[C@@H](O)[C@H]5OC5(C)C)C5=C4[C@](C)(CC5=O)[C@@]3(C)CC[C@H]21. The highest BCUT2D eigenvalue weighted by Gasteiger charge is 2.77. The van der Waals surface area contributed by atoms with E-state index in [1.54, 1.807) is 0 Å². The van der Waals surface area contributed by atoms with Gasteiger partial charge >= 0.3 is 0 Å². The molecular formula is C68H96N4O9. The van der Waals surface area contributed by atoms with Crippen LogP contribution in [0.1, 0.15) is 203 Å². The van der Waals surface area contributed by atoms with Crippen LogP contribution in [-0.2, 0) is 48.8 Å². The second kappa shape index (κ2) is 19.5. The first-order valence-electron chi connectivity index (χ1n) is 31.9. The first kappa shape index (κ1) is 56.6. The van der Waals surface area contributed by atoms with E-state index in [1.165, 1.54) is 12.0 Å². The van der Waals surface area contributed by atoms with Gasteiger partial charge in [-0.2, -0.15) is 0 Å². The van der Waals surface area contributed by atoms with Crippen LogP contribution in [0.15, 0.2) is 35.7 Å². The van der Waals surface area contributed by atoms with Gasteiger partial charge in [0.2, 0.25) is 0 Å². The summed E-state index contributed by atoms with van der Waals surface area (Å²) in [6.45, 7) is 18.5. The maximum Gasteiger partial charge on any atom is 0.160 e. The Morgan fingerprint density at radius 3 is 2.31 bits per heavy atom. The molecule has 7 N–H and O–H groups in total. The number of aromatic amines is 1. The molecule has 2 saturated heterocycles. The lowest BCUT2D eigenvalue weighted by Crippen LogP contribution is -2.72. The number of nitrogens with zero attached hydrogens (tertiary/aromatic N) is 1. The molecule has 0 bridgehead atoms. The van der Waals surface area contributed by atoms with Gasteiger partial charge in [0.25, 0.3) is 0 Å². The van der Waals surface area contributed by atoms with Crippen molar-refractivity contribution >= 4 is 28.4 Å². The standard InChI is InChI=1S/C68H96N4O9/c1-61(2)60(81-61)50(76)31-62(3)19-16-39-35-71-56-45(53-44-28-40(42-13-11-10-12-38(42)34-70-9)29-47(43(44)14-15-48(53)74)68(79)23-26-80-27-24-68)36-72(57(39)56)37-46-54-55(62)49(75)32-65(54,6)64(5)20-18-51-63(4,22-25-69-8)52(77)33-67(21-17-41(73)30-67)66(51,7)59(64)58(46)78/h28-29,35-36,38,41-42,46,50-51,53,58-60,69-71,73,76,78-79H,10-27,30-34,37H2,1-9H3/t38-,41-,42+,46-,50+,51-,53-,58+,59-,60+,62-,63-,64-,65-,66+,67+/m0/s1. The molecule has 5 saturated carbocycles. The third kappa shape index (κ3) is 8.12. The molecule has 13 nitrogen and oxygen atoms in total. The average molecular weight is 1110 g/mol. The van der Waals surface area contributed by atoms with Gasteiger partial charge in [-0.3, -0.25) is 14.4 Å². The van der Waals surface area contributed by atoms with E-state index in [4.69, 9.17) is 9.47 Å². The molecule has 0 radical (unpaired) electrons. The number of aliphatic hydroxyl groups excluding tert-OH is 3. The Kier molecular flexibility index (Phi) is 13.6. The van der Waals surface area contributed by atoms with Crippen molar-refractivity contribution in [1.29, 1.82) is 0 Å². The number of allylic oxidation sites excluding steroid dienone is 1.